The van der Waals surface area contributed by atoms with Crippen LogP contribution in [-0.2, 0) is 33.3 Å². The van der Waals surface area contributed by atoms with Crippen LogP contribution in [0.4, 0.5) is 0 Å². The highest BCUT2D eigenvalue weighted by atomic mass is 32.2. The van der Waals surface area contributed by atoms with Crippen LogP contribution in [0, 0.1) is 5.92 Å². The Kier molecular flexibility index (Phi) is 13.7. The lowest BCUT2D eigenvalue weighted by molar-refractivity contribution is -0.191. The molecule has 1 aromatic rings. The molecule has 1 aromatic carbocycles. The van der Waals surface area contributed by atoms with Gasteiger partial charge in [-0.25, -0.2) is 0 Å². The molecular weight excluding hydrogens is 516 g/mol. The molecule has 0 N–H and O–H groups in total. The largest absolute Gasteiger partial charge is 0.469 e. The van der Waals surface area contributed by atoms with E-state index in [9.17, 15) is 13.2 Å². The van der Waals surface area contributed by atoms with Gasteiger partial charge in [0.1, 0.15) is 0 Å². The van der Waals surface area contributed by atoms with Gasteiger partial charge in [0.05, 0.1) is 25.6 Å². The first-order valence-corrected chi connectivity index (χ1v) is 16.9. The average Bonchev–Trinajstić information content (AvgIpc) is 3.31. The van der Waals surface area contributed by atoms with Crippen LogP contribution in [0.5, 0.6) is 0 Å². The van der Waals surface area contributed by atoms with E-state index in [1.54, 1.807) is 0 Å². The minimum Gasteiger partial charge on any atom is -0.469 e. The summed E-state index contributed by atoms with van der Waals surface area (Å²) >= 11 is 0. The highest BCUT2D eigenvalue weighted by Crippen LogP contribution is 2.45. The fourth-order valence-corrected chi connectivity index (χ4v) is 6.82. The highest BCUT2D eigenvalue weighted by molar-refractivity contribution is 7.86. The number of carbonyl (C=O) groups excluding carboxylic acids is 1. The summed E-state index contributed by atoms with van der Waals surface area (Å²) in [7, 11) is -2.10. The summed E-state index contributed by atoms with van der Waals surface area (Å²) in [6.07, 6.45) is 15.3. The third-order valence-electron chi connectivity index (χ3n) is 8.21. The maximum Gasteiger partial charge on any atom is 0.305 e. The lowest BCUT2D eigenvalue weighted by Crippen LogP contribution is -2.25. The number of hydrogen-bond acceptors (Lipinski definition) is 7. The molecule has 8 heteroatoms. The van der Waals surface area contributed by atoms with Crippen LogP contribution >= 0.6 is 0 Å². The Bertz CT molecular complexity index is 940. The Morgan fingerprint density at radius 3 is 2.44 bits per heavy atom. The van der Waals surface area contributed by atoms with Crippen molar-refractivity contribution in [3.05, 3.63) is 35.4 Å². The molecule has 0 bridgehead atoms. The van der Waals surface area contributed by atoms with Crippen LogP contribution in [-0.4, -0.2) is 46.8 Å². The maximum atomic E-state index is 12.0. The fraction of sp³-hybridized carbons (Fsp3) is 0.774. The van der Waals surface area contributed by atoms with E-state index >= 15 is 0 Å². The number of rotatable bonds is 17. The molecule has 0 aromatic heterocycles. The van der Waals surface area contributed by atoms with Gasteiger partial charge in [-0.2, -0.15) is 8.42 Å². The molecule has 0 radical (unpaired) electrons. The molecule has 222 valence electrons. The monoisotopic (exact) mass is 566 g/mol. The van der Waals surface area contributed by atoms with Gasteiger partial charge < -0.3 is 14.2 Å². The Hall–Kier alpha value is -1.48. The van der Waals surface area contributed by atoms with Gasteiger partial charge in [0.25, 0.3) is 10.1 Å². The van der Waals surface area contributed by atoms with Crippen LogP contribution < -0.4 is 0 Å². The molecule has 1 aliphatic carbocycles. The molecule has 5 atom stereocenters. The van der Waals surface area contributed by atoms with Crippen molar-refractivity contribution in [2.45, 2.75) is 128 Å². The predicted molar refractivity (Wildman–Crippen MR) is 153 cm³/mol. The van der Waals surface area contributed by atoms with E-state index in [1.165, 1.54) is 31.1 Å². The standard InChI is InChI=1S/C31H50O7S/c1-4-5-8-14-28(37-31-16-11-12-23-36-31)25-19-17-24(18-20-25)26-21-22-29(38-39(3,33)34)27(26)13-9-6-7-10-15-30(32)35-2/h17-20,26-29,31H,4-16,21-23H2,1-3H3/t26-,27-,28?,29+,31?/m1/s1. The molecule has 1 heterocycles. The summed E-state index contributed by atoms with van der Waals surface area (Å²) in [5.74, 6) is 0.251. The van der Waals surface area contributed by atoms with E-state index in [0.29, 0.717) is 6.42 Å². The van der Waals surface area contributed by atoms with Crippen molar-refractivity contribution in [2.24, 2.45) is 5.92 Å². The van der Waals surface area contributed by atoms with Gasteiger partial charge in [0.2, 0.25) is 0 Å². The molecule has 1 aliphatic heterocycles. The van der Waals surface area contributed by atoms with E-state index in [4.69, 9.17) is 18.4 Å². The molecular formula is C31H50O7S. The van der Waals surface area contributed by atoms with Gasteiger partial charge in [-0.3, -0.25) is 8.98 Å². The van der Waals surface area contributed by atoms with Gasteiger partial charge in [0, 0.05) is 13.0 Å². The molecule has 2 unspecified atom stereocenters. The minimum absolute atomic E-state index is 0.0272. The second kappa shape index (κ2) is 16.7. The first-order valence-electron chi connectivity index (χ1n) is 15.1. The summed E-state index contributed by atoms with van der Waals surface area (Å²) in [5.41, 5.74) is 2.43. The molecule has 0 spiro atoms. The minimum atomic E-state index is -3.52. The van der Waals surface area contributed by atoms with E-state index in [-0.39, 0.29) is 36.3 Å². The van der Waals surface area contributed by atoms with Gasteiger partial charge in [-0.05, 0) is 74.3 Å². The number of ether oxygens (including phenoxy) is 3. The molecule has 0 amide bonds. The van der Waals surface area contributed by atoms with Crippen LogP contribution in [0.1, 0.15) is 126 Å². The Morgan fingerprint density at radius 1 is 1.00 bits per heavy atom. The molecule has 3 rings (SSSR count). The number of esters is 1. The summed E-state index contributed by atoms with van der Waals surface area (Å²) in [4.78, 5) is 11.4. The van der Waals surface area contributed by atoms with E-state index in [1.807, 2.05) is 0 Å². The van der Waals surface area contributed by atoms with Crippen LogP contribution in [0.3, 0.4) is 0 Å². The number of carbonyl (C=O) groups is 1. The summed E-state index contributed by atoms with van der Waals surface area (Å²) in [5, 5.41) is 0. The quantitative estimate of drug-likeness (QED) is 0.112. The third-order valence-corrected chi connectivity index (χ3v) is 8.81. The van der Waals surface area contributed by atoms with Crippen molar-refractivity contribution in [1.29, 1.82) is 0 Å². The molecule has 2 aliphatic rings. The lowest BCUT2D eigenvalue weighted by Gasteiger charge is -2.29. The van der Waals surface area contributed by atoms with E-state index in [2.05, 4.69) is 31.2 Å². The average molecular weight is 567 g/mol. The zero-order valence-corrected chi connectivity index (χ0v) is 25.1. The van der Waals surface area contributed by atoms with Gasteiger partial charge >= 0.3 is 5.97 Å². The van der Waals surface area contributed by atoms with Crippen LogP contribution in [0.2, 0.25) is 0 Å². The van der Waals surface area contributed by atoms with Crippen molar-refractivity contribution in [3.8, 4) is 0 Å². The molecule has 1 saturated carbocycles. The van der Waals surface area contributed by atoms with E-state index in [0.717, 1.165) is 89.9 Å². The van der Waals surface area contributed by atoms with E-state index < -0.39 is 10.1 Å². The zero-order valence-electron chi connectivity index (χ0n) is 24.3. The van der Waals surface area contributed by atoms with Gasteiger partial charge in [-0.15, -0.1) is 0 Å². The second-order valence-corrected chi connectivity index (χ2v) is 12.9. The first-order chi connectivity index (χ1) is 18.8. The topological polar surface area (TPSA) is 88.1 Å². The van der Waals surface area contributed by atoms with Crippen molar-refractivity contribution < 1.29 is 31.6 Å². The van der Waals surface area contributed by atoms with Crippen molar-refractivity contribution in [3.63, 3.8) is 0 Å². The Balaban J connectivity index is 1.65. The highest BCUT2D eigenvalue weighted by Gasteiger charge is 2.39. The number of hydrogen-bond donors (Lipinski definition) is 0. The maximum absolute atomic E-state index is 12.0. The van der Waals surface area contributed by atoms with Crippen molar-refractivity contribution in [2.75, 3.05) is 20.0 Å². The number of benzene rings is 1. The summed E-state index contributed by atoms with van der Waals surface area (Å²) < 4.78 is 46.6. The Labute approximate surface area is 236 Å². The molecule has 1 saturated heterocycles. The van der Waals surface area contributed by atoms with Crippen molar-refractivity contribution in [1.82, 2.24) is 0 Å². The summed E-state index contributed by atoms with van der Waals surface area (Å²) in [6, 6.07) is 8.82. The number of methoxy groups -OCH3 is 1. The lowest BCUT2D eigenvalue weighted by atomic mass is 9.84. The third kappa shape index (κ3) is 11.1. The second-order valence-electron chi connectivity index (χ2n) is 11.3. The smallest absolute Gasteiger partial charge is 0.305 e. The van der Waals surface area contributed by atoms with Crippen molar-refractivity contribution >= 4 is 16.1 Å². The van der Waals surface area contributed by atoms with Crippen LogP contribution in [0.15, 0.2) is 24.3 Å². The molecule has 7 nitrogen and oxygen atoms in total. The SMILES string of the molecule is CCCCCC(OC1CCCCO1)c1ccc([C@H]2CC[C@H](OS(C)(=O)=O)[C@@H]2CCCCCCC(=O)OC)cc1. The number of unbranched alkanes of at least 4 members (excludes halogenated alkanes) is 5. The van der Waals surface area contributed by atoms with Gasteiger partial charge in [-0.1, -0.05) is 69.7 Å². The zero-order chi connectivity index (χ0) is 28.1. The summed E-state index contributed by atoms with van der Waals surface area (Å²) in [6.45, 7) is 2.99. The van der Waals surface area contributed by atoms with Gasteiger partial charge in [0.15, 0.2) is 6.29 Å². The normalized spacial score (nSPS) is 24.5. The fourth-order valence-electron chi connectivity index (χ4n) is 6.13. The first kappa shape index (κ1) is 32.0. The Morgan fingerprint density at radius 2 is 1.77 bits per heavy atom. The molecule has 39 heavy (non-hydrogen) atoms. The molecule has 2 fully saturated rings. The predicted octanol–water partition coefficient (Wildman–Crippen LogP) is 7.20. The van der Waals surface area contributed by atoms with Crippen LogP contribution in [0.25, 0.3) is 0 Å².